The average Bonchev–Trinajstić information content (AvgIpc) is 3.03. The summed E-state index contributed by atoms with van der Waals surface area (Å²) in [5, 5.41) is 3.79. The molecule has 0 unspecified atom stereocenters. The highest BCUT2D eigenvalue weighted by Crippen LogP contribution is 2.23. The number of benzene rings is 2. The molecule has 0 saturated carbocycles. The predicted octanol–water partition coefficient (Wildman–Crippen LogP) is 4.18. The summed E-state index contributed by atoms with van der Waals surface area (Å²) in [4.78, 5) is 12.2. The van der Waals surface area contributed by atoms with Crippen LogP contribution in [0, 0.1) is 13.8 Å². The van der Waals surface area contributed by atoms with Crippen molar-refractivity contribution in [1.29, 1.82) is 0 Å². The fourth-order valence-corrected chi connectivity index (χ4v) is 2.10. The minimum absolute atomic E-state index is 0.153. The number of carbonyl (C=O) groups excluding carboxylic acids is 1. The van der Waals surface area contributed by atoms with Crippen molar-refractivity contribution in [3.05, 3.63) is 71.4 Å². The monoisotopic (exact) mass is 293 g/mol. The minimum Gasteiger partial charge on any atom is -0.421 e. The first-order chi connectivity index (χ1) is 10.6. The summed E-state index contributed by atoms with van der Waals surface area (Å²) >= 11 is 0. The van der Waals surface area contributed by atoms with E-state index in [1.165, 1.54) is 0 Å². The maximum atomic E-state index is 12.2. The fraction of sp³-hybridized carbons (Fsp3) is 0.111. The number of rotatable bonds is 3. The maximum Gasteiger partial charge on any atom is 0.365 e. The Labute approximate surface area is 128 Å². The molecule has 0 fully saturated rings. The molecule has 3 aromatic rings. The molecule has 0 saturated heterocycles. The molecule has 0 amide bonds. The van der Waals surface area contributed by atoms with Gasteiger partial charge in [-0.05, 0) is 31.0 Å². The summed E-state index contributed by atoms with van der Waals surface area (Å²) in [5.74, 6) is 0.544. The molecule has 0 N–H and O–H groups in total. The SMILES string of the molecule is Cc1cccc(OC(=O)c2cc(-c3ccccc3)on2)c1C. The Kier molecular flexibility index (Phi) is 3.74. The van der Waals surface area contributed by atoms with Crippen LogP contribution in [-0.2, 0) is 0 Å². The Morgan fingerprint density at radius 2 is 1.82 bits per heavy atom. The zero-order chi connectivity index (χ0) is 15.5. The Hall–Kier alpha value is -2.88. The molecular formula is C18H15NO3. The van der Waals surface area contributed by atoms with Crippen molar-refractivity contribution in [3.63, 3.8) is 0 Å². The molecule has 22 heavy (non-hydrogen) atoms. The van der Waals surface area contributed by atoms with E-state index in [9.17, 15) is 4.79 Å². The van der Waals surface area contributed by atoms with Crippen molar-refractivity contribution < 1.29 is 14.1 Å². The third kappa shape index (κ3) is 2.76. The third-order valence-electron chi connectivity index (χ3n) is 3.54. The van der Waals surface area contributed by atoms with Gasteiger partial charge in [0.15, 0.2) is 11.5 Å². The summed E-state index contributed by atoms with van der Waals surface area (Å²) in [5.41, 5.74) is 3.01. The molecular weight excluding hydrogens is 278 g/mol. The van der Waals surface area contributed by atoms with Gasteiger partial charge in [-0.1, -0.05) is 47.6 Å². The van der Waals surface area contributed by atoms with Gasteiger partial charge in [0.1, 0.15) is 5.75 Å². The topological polar surface area (TPSA) is 52.3 Å². The van der Waals surface area contributed by atoms with Gasteiger partial charge < -0.3 is 9.26 Å². The van der Waals surface area contributed by atoms with Crippen LogP contribution in [0.25, 0.3) is 11.3 Å². The molecule has 0 radical (unpaired) electrons. The third-order valence-corrected chi connectivity index (χ3v) is 3.54. The average molecular weight is 293 g/mol. The summed E-state index contributed by atoms with van der Waals surface area (Å²) < 4.78 is 10.6. The summed E-state index contributed by atoms with van der Waals surface area (Å²) in [6, 6.07) is 16.6. The van der Waals surface area contributed by atoms with Crippen LogP contribution in [0.2, 0.25) is 0 Å². The predicted molar refractivity (Wildman–Crippen MR) is 82.8 cm³/mol. The van der Waals surface area contributed by atoms with Gasteiger partial charge in [-0.2, -0.15) is 0 Å². The van der Waals surface area contributed by atoms with E-state index in [-0.39, 0.29) is 5.69 Å². The Balaban J connectivity index is 1.82. The normalized spacial score (nSPS) is 10.5. The van der Waals surface area contributed by atoms with Crippen molar-refractivity contribution in [3.8, 4) is 17.1 Å². The molecule has 4 nitrogen and oxygen atoms in total. The molecule has 0 bridgehead atoms. The highest BCUT2D eigenvalue weighted by molar-refractivity contribution is 5.90. The smallest absolute Gasteiger partial charge is 0.365 e. The van der Waals surface area contributed by atoms with E-state index >= 15 is 0 Å². The van der Waals surface area contributed by atoms with Crippen molar-refractivity contribution in [2.24, 2.45) is 0 Å². The first-order valence-corrected chi connectivity index (χ1v) is 6.95. The molecule has 4 heteroatoms. The van der Waals surface area contributed by atoms with E-state index in [1.54, 1.807) is 12.1 Å². The molecule has 2 aromatic carbocycles. The molecule has 110 valence electrons. The zero-order valence-corrected chi connectivity index (χ0v) is 12.4. The largest absolute Gasteiger partial charge is 0.421 e. The summed E-state index contributed by atoms with van der Waals surface area (Å²) in [7, 11) is 0. The molecule has 0 aliphatic heterocycles. The van der Waals surface area contributed by atoms with Crippen molar-refractivity contribution in [1.82, 2.24) is 5.16 Å². The van der Waals surface area contributed by atoms with Gasteiger partial charge in [-0.25, -0.2) is 4.79 Å². The molecule has 1 heterocycles. The maximum absolute atomic E-state index is 12.2. The Bertz CT molecular complexity index is 806. The Morgan fingerprint density at radius 1 is 1.05 bits per heavy atom. The van der Waals surface area contributed by atoms with Crippen LogP contribution in [-0.4, -0.2) is 11.1 Å². The van der Waals surface area contributed by atoms with E-state index in [1.807, 2.05) is 56.3 Å². The second kappa shape index (κ2) is 5.85. The van der Waals surface area contributed by atoms with E-state index in [0.717, 1.165) is 16.7 Å². The van der Waals surface area contributed by atoms with Gasteiger partial charge in [0, 0.05) is 11.6 Å². The lowest BCUT2D eigenvalue weighted by Gasteiger charge is -2.07. The number of esters is 1. The van der Waals surface area contributed by atoms with Crippen molar-refractivity contribution in [2.45, 2.75) is 13.8 Å². The number of carbonyl (C=O) groups is 1. The highest BCUT2D eigenvalue weighted by Gasteiger charge is 2.17. The van der Waals surface area contributed by atoms with Gasteiger partial charge in [0.2, 0.25) is 0 Å². The van der Waals surface area contributed by atoms with Crippen LogP contribution in [0.15, 0.2) is 59.1 Å². The quantitative estimate of drug-likeness (QED) is 0.537. The number of hydrogen-bond acceptors (Lipinski definition) is 4. The Morgan fingerprint density at radius 3 is 2.59 bits per heavy atom. The minimum atomic E-state index is -0.528. The van der Waals surface area contributed by atoms with Gasteiger partial charge in [-0.15, -0.1) is 0 Å². The lowest BCUT2D eigenvalue weighted by atomic mass is 10.1. The number of nitrogens with zero attached hydrogens (tertiary/aromatic N) is 1. The van der Waals surface area contributed by atoms with Gasteiger partial charge in [0.05, 0.1) is 0 Å². The lowest BCUT2D eigenvalue weighted by molar-refractivity contribution is 0.0722. The van der Waals surface area contributed by atoms with Gasteiger partial charge >= 0.3 is 5.97 Å². The number of aryl methyl sites for hydroxylation is 1. The lowest BCUT2D eigenvalue weighted by Crippen LogP contribution is -2.09. The van der Waals surface area contributed by atoms with Crippen LogP contribution in [0.4, 0.5) is 0 Å². The van der Waals surface area contributed by atoms with E-state index in [2.05, 4.69) is 5.16 Å². The standard InChI is InChI=1S/C18H15NO3/c1-12-7-6-10-16(13(12)2)21-18(20)15-11-17(22-19-15)14-8-4-3-5-9-14/h3-11H,1-2H3. The summed E-state index contributed by atoms with van der Waals surface area (Å²) in [6.45, 7) is 3.88. The summed E-state index contributed by atoms with van der Waals surface area (Å²) in [6.07, 6.45) is 0. The molecule has 1 aromatic heterocycles. The highest BCUT2D eigenvalue weighted by atomic mass is 16.5. The van der Waals surface area contributed by atoms with E-state index in [0.29, 0.717) is 11.5 Å². The molecule has 3 rings (SSSR count). The number of hydrogen-bond donors (Lipinski definition) is 0. The van der Waals surface area contributed by atoms with Crippen LogP contribution < -0.4 is 4.74 Å². The van der Waals surface area contributed by atoms with E-state index in [4.69, 9.17) is 9.26 Å². The molecule has 0 aliphatic rings. The first-order valence-electron chi connectivity index (χ1n) is 6.95. The second-order valence-electron chi connectivity index (χ2n) is 5.03. The van der Waals surface area contributed by atoms with Crippen LogP contribution in [0.1, 0.15) is 21.6 Å². The first kappa shape index (κ1) is 14.1. The number of ether oxygens (including phenoxy) is 1. The zero-order valence-electron chi connectivity index (χ0n) is 12.4. The second-order valence-corrected chi connectivity index (χ2v) is 5.03. The van der Waals surface area contributed by atoms with Crippen LogP contribution in [0.3, 0.4) is 0 Å². The molecule has 0 aliphatic carbocycles. The van der Waals surface area contributed by atoms with E-state index < -0.39 is 5.97 Å². The van der Waals surface area contributed by atoms with Crippen molar-refractivity contribution >= 4 is 5.97 Å². The van der Waals surface area contributed by atoms with Crippen LogP contribution >= 0.6 is 0 Å². The van der Waals surface area contributed by atoms with Crippen molar-refractivity contribution in [2.75, 3.05) is 0 Å². The molecule has 0 atom stereocenters. The molecule has 0 spiro atoms. The number of aromatic nitrogens is 1. The van der Waals surface area contributed by atoms with Crippen LogP contribution in [0.5, 0.6) is 5.75 Å². The van der Waals surface area contributed by atoms with Gasteiger partial charge in [-0.3, -0.25) is 0 Å². The fourth-order valence-electron chi connectivity index (χ4n) is 2.10. The van der Waals surface area contributed by atoms with Gasteiger partial charge in [0.25, 0.3) is 0 Å².